The maximum atomic E-state index is 6.03. The summed E-state index contributed by atoms with van der Waals surface area (Å²) >= 11 is 3.63. The van der Waals surface area contributed by atoms with Gasteiger partial charge in [0.15, 0.2) is 0 Å². The molecular formula is C11H12BrN. The van der Waals surface area contributed by atoms with Gasteiger partial charge in [-0.3, -0.25) is 0 Å². The summed E-state index contributed by atoms with van der Waals surface area (Å²) in [6.07, 6.45) is 3.65. The molecule has 1 aromatic rings. The largest absolute Gasteiger partial charge is 0.327 e. The van der Waals surface area contributed by atoms with Gasteiger partial charge in [-0.2, -0.15) is 0 Å². The minimum atomic E-state index is 0.357. The van der Waals surface area contributed by atoms with Crippen LogP contribution in [-0.2, 0) is 11.8 Å². The van der Waals surface area contributed by atoms with Gasteiger partial charge in [-0.25, -0.2) is 0 Å². The summed E-state index contributed by atoms with van der Waals surface area (Å²) in [4.78, 5) is 0. The summed E-state index contributed by atoms with van der Waals surface area (Å²) in [6, 6.07) is 6.90. The second-order valence-corrected chi connectivity index (χ2v) is 5.10. The molecule has 1 nitrogen and oxygen atoms in total. The predicted molar refractivity (Wildman–Crippen MR) is 56.7 cm³/mol. The molecule has 0 aliphatic heterocycles. The molecule has 0 heterocycles. The van der Waals surface area contributed by atoms with E-state index in [-0.39, 0.29) is 0 Å². The fourth-order valence-electron chi connectivity index (χ4n) is 2.73. The molecule has 1 saturated carbocycles. The molecule has 0 bridgehead atoms. The van der Waals surface area contributed by atoms with Crippen LogP contribution in [-0.4, -0.2) is 6.04 Å². The van der Waals surface area contributed by atoms with Crippen molar-refractivity contribution in [1.82, 2.24) is 0 Å². The lowest BCUT2D eigenvalue weighted by atomic mass is 9.98. The maximum Gasteiger partial charge on any atom is 0.0216 e. The van der Waals surface area contributed by atoms with E-state index in [1.165, 1.54) is 34.9 Å². The molecule has 3 rings (SSSR count). The first kappa shape index (κ1) is 8.01. The number of hydrogen-bond donors (Lipinski definition) is 1. The number of rotatable bonds is 0. The van der Waals surface area contributed by atoms with Crippen molar-refractivity contribution >= 4 is 15.9 Å². The average Bonchev–Trinajstić information content (AvgIpc) is 2.58. The maximum absolute atomic E-state index is 6.03. The predicted octanol–water partition coefficient (Wildman–Crippen LogP) is 2.36. The first-order valence-electron chi connectivity index (χ1n) is 4.77. The van der Waals surface area contributed by atoms with Crippen LogP contribution in [0.2, 0.25) is 0 Å². The zero-order valence-corrected chi connectivity index (χ0v) is 8.97. The Labute approximate surface area is 86.5 Å². The molecule has 13 heavy (non-hydrogen) atoms. The van der Waals surface area contributed by atoms with Crippen LogP contribution in [0.1, 0.15) is 24.0 Å². The van der Waals surface area contributed by atoms with Gasteiger partial charge in [-0.15, -0.1) is 0 Å². The van der Waals surface area contributed by atoms with E-state index in [1.807, 2.05) is 0 Å². The lowest BCUT2D eigenvalue weighted by molar-refractivity contribution is 0.649. The van der Waals surface area contributed by atoms with E-state index in [2.05, 4.69) is 34.1 Å². The molecule has 0 amide bonds. The van der Waals surface area contributed by atoms with Crippen LogP contribution in [0.5, 0.6) is 0 Å². The Hall–Kier alpha value is -0.340. The number of halogens is 1. The van der Waals surface area contributed by atoms with Gasteiger partial charge < -0.3 is 5.73 Å². The number of fused-ring (bicyclic) bond motifs is 2. The van der Waals surface area contributed by atoms with Gasteiger partial charge in [0.2, 0.25) is 0 Å². The van der Waals surface area contributed by atoms with Gasteiger partial charge in [-0.1, -0.05) is 28.1 Å². The fraction of sp³-hybridized carbons (Fsp3) is 0.455. The Kier molecular flexibility index (Phi) is 1.46. The zero-order chi connectivity index (χ0) is 9.05. The first-order chi connectivity index (χ1) is 6.24. The Morgan fingerprint density at radius 1 is 1.46 bits per heavy atom. The average molecular weight is 238 g/mol. The molecule has 2 aliphatic carbocycles. The topological polar surface area (TPSA) is 26.0 Å². The van der Waals surface area contributed by atoms with Crippen LogP contribution in [0.4, 0.5) is 0 Å². The van der Waals surface area contributed by atoms with E-state index in [1.54, 1.807) is 0 Å². The van der Waals surface area contributed by atoms with Crippen molar-refractivity contribution in [3.8, 4) is 0 Å². The molecule has 68 valence electrons. The van der Waals surface area contributed by atoms with Crippen LogP contribution < -0.4 is 5.73 Å². The number of hydrogen-bond acceptors (Lipinski definition) is 1. The van der Waals surface area contributed by atoms with Crippen molar-refractivity contribution in [2.24, 2.45) is 5.73 Å². The molecule has 2 atom stereocenters. The van der Waals surface area contributed by atoms with Crippen LogP contribution in [0.25, 0.3) is 0 Å². The molecule has 2 heteroatoms. The molecule has 2 aliphatic rings. The van der Waals surface area contributed by atoms with Crippen molar-refractivity contribution in [2.75, 3.05) is 0 Å². The minimum Gasteiger partial charge on any atom is -0.327 e. The monoisotopic (exact) mass is 237 g/mol. The summed E-state index contributed by atoms with van der Waals surface area (Å²) in [5.74, 6) is 0. The van der Waals surface area contributed by atoms with Crippen molar-refractivity contribution in [3.63, 3.8) is 0 Å². The normalized spacial score (nSPS) is 35.1. The lowest BCUT2D eigenvalue weighted by Gasteiger charge is -2.11. The van der Waals surface area contributed by atoms with E-state index in [4.69, 9.17) is 5.73 Å². The highest BCUT2D eigenvalue weighted by Crippen LogP contribution is 2.57. The van der Waals surface area contributed by atoms with Gasteiger partial charge in [0, 0.05) is 15.9 Å². The van der Waals surface area contributed by atoms with Crippen LogP contribution in [0, 0.1) is 0 Å². The van der Waals surface area contributed by atoms with E-state index in [9.17, 15) is 0 Å². The van der Waals surface area contributed by atoms with Crippen LogP contribution >= 0.6 is 15.9 Å². The summed E-state index contributed by atoms with van der Waals surface area (Å²) in [7, 11) is 0. The highest BCUT2D eigenvalue weighted by Gasteiger charge is 2.56. The van der Waals surface area contributed by atoms with Gasteiger partial charge in [0.25, 0.3) is 0 Å². The Balaban J connectivity index is 2.21. The Morgan fingerprint density at radius 2 is 2.23 bits per heavy atom. The van der Waals surface area contributed by atoms with Gasteiger partial charge >= 0.3 is 0 Å². The van der Waals surface area contributed by atoms with Gasteiger partial charge in [0.1, 0.15) is 0 Å². The number of nitrogens with two attached hydrogens (primary N) is 1. The standard InChI is InChI=1S/C11H12BrN/c12-8-3-1-2-7-4-5-11(10(7)8)6-9(11)13/h1-3,9H,4-6,13H2. The molecule has 2 unspecified atom stereocenters. The Bertz CT molecular complexity index is 374. The molecule has 1 fully saturated rings. The number of aryl methyl sites for hydroxylation is 1. The second kappa shape index (κ2) is 2.37. The Morgan fingerprint density at radius 3 is 2.92 bits per heavy atom. The molecule has 2 N–H and O–H groups in total. The SMILES string of the molecule is NC1CC12CCc1cccc(Br)c12. The zero-order valence-electron chi connectivity index (χ0n) is 7.39. The van der Waals surface area contributed by atoms with Crippen molar-refractivity contribution in [3.05, 3.63) is 33.8 Å². The minimum absolute atomic E-state index is 0.357. The van der Waals surface area contributed by atoms with Crippen molar-refractivity contribution in [2.45, 2.75) is 30.7 Å². The quantitative estimate of drug-likeness (QED) is 0.737. The highest BCUT2D eigenvalue weighted by molar-refractivity contribution is 9.10. The smallest absolute Gasteiger partial charge is 0.0216 e. The molecule has 0 saturated heterocycles. The third kappa shape index (κ3) is 0.906. The summed E-state index contributed by atoms with van der Waals surface area (Å²) in [6.45, 7) is 0. The third-order valence-electron chi connectivity index (χ3n) is 3.57. The molecule has 0 aromatic heterocycles. The first-order valence-corrected chi connectivity index (χ1v) is 5.57. The second-order valence-electron chi connectivity index (χ2n) is 4.24. The third-order valence-corrected chi connectivity index (χ3v) is 4.23. The highest BCUT2D eigenvalue weighted by atomic mass is 79.9. The van der Waals surface area contributed by atoms with Gasteiger partial charge in [-0.05, 0) is 36.5 Å². The molecule has 1 aromatic carbocycles. The van der Waals surface area contributed by atoms with E-state index in [0.29, 0.717) is 11.5 Å². The number of benzene rings is 1. The molecule has 0 radical (unpaired) electrons. The van der Waals surface area contributed by atoms with Gasteiger partial charge in [0.05, 0.1) is 0 Å². The van der Waals surface area contributed by atoms with Crippen molar-refractivity contribution in [1.29, 1.82) is 0 Å². The van der Waals surface area contributed by atoms with Crippen molar-refractivity contribution < 1.29 is 0 Å². The molecular weight excluding hydrogens is 226 g/mol. The lowest BCUT2D eigenvalue weighted by Crippen LogP contribution is -2.15. The fourth-order valence-corrected chi connectivity index (χ4v) is 3.53. The summed E-state index contributed by atoms with van der Waals surface area (Å²) in [5, 5.41) is 0. The van der Waals surface area contributed by atoms with Crippen LogP contribution in [0.15, 0.2) is 22.7 Å². The molecule has 1 spiro atoms. The van der Waals surface area contributed by atoms with E-state index in [0.717, 1.165) is 0 Å². The summed E-state index contributed by atoms with van der Waals surface area (Å²) < 4.78 is 1.26. The van der Waals surface area contributed by atoms with E-state index < -0.39 is 0 Å². The van der Waals surface area contributed by atoms with E-state index >= 15 is 0 Å². The van der Waals surface area contributed by atoms with Crippen LogP contribution in [0.3, 0.4) is 0 Å². The summed E-state index contributed by atoms with van der Waals surface area (Å²) in [5.41, 5.74) is 9.39.